The molecule has 1 N–H and O–H groups in total. The monoisotopic (exact) mass is 318 g/mol. The average Bonchev–Trinajstić information content (AvgIpc) is 3.17. The number of carbonyl (C=O) groups excluding carboxylic acids is 1. The van der Waals surface area contributed by atoms with Gasteiger partial charge in [-0.3, -0.25) is 0 Å². The highest BCUT2D eigenvalue weighted by Gasteiger charge is 2.34. The zero-order chi connectivity index (χ0) is 16.2. The fourth-order valence-corrected chi connectivity index (χ4v) is 3.33. The maximum absolute atomic E-state index is 12.2. The van der Waals surface area contributed by atoms with Crippen LogP contribution in [0.15, 0.2) is 16.7 Å². The molecule has 1 fully saturated rings. The molecule has 0 saturated carbocycles. The first-order chi connectivity index (χ1) is 11.1. The Bertz CT molecular complexity index is 551. The summed E-state index contributed by atoms with van der Waals surface area (Å²) in [6, 6.07) is 0.0628. The minimum Gasteiger partial charge on any atom is -0.339 e. The molecule has 0 spiro atoms. The van der Waals surface area contributed by atoms with E-state index in [2.05, 4.69) is 27.6 Å². The van der Waals surface area contributed by atoms with Crippen molar-refractivity contribution >= 4 is 6.03 Å². The number of fused-ring (bicyclic) bond motifs is 1. The summed E-state index contributed by atoms with van der Waals surface area (Å²) in [5.74, 6) is 2.98. The summed E-state index contributed by atoms with van der Waals surface area (Å²) >= 11 is 0. The van der Waals surface area contributed by atoms with Gasteiger partial charge in [-0.2, -0.15) is 4.98 Å². The zero-order valence-corrected chi connectivity index (χ0v) is 14.0. The van der Waals surface area contributed by atoms with Crippen LogP contribution in [0.3, 0.4) is 0 Å². The number of carbonyl (C=O) groups is 1. The van der Waals surface area contributed by atoms with Crippen LogP contribution in [0.5, 0.6) is 0 Å². The molecule has 2 atom stereocenters. The lowest BCUT2D eigenvalue weighted by Gasteiger charge is -2.17. The van der Waals surface area contributed by atoms with Crippen LogP contribution in [-0.4, -0.2) is 40.7 Å². The number of aryl methyl sites for hydroxylation is 1. The molecule has 1 saturated heterocycles. The van der Waals surface area contributed by atoms with Gasteiger partial charge in [-0.05, 0) is 31.1 Å². The first-order valence-corrected chi connectivity index (χ1v) is 8.63. The van der Waals surface area contributed by atoms with Gasteiger partial charge in [0.25, 0.3) is 0 Å². The molecule has 2 amide bonds. The van der Waals surface area contributed by atoms with Crippen LogP contribution in [0.4, 0.5) is 4.79 Å². The summed E-state index contributed by atoms with van der Waals surface area (Å²) in [5, 5.41) is 6.96. The molecular formula is C17H26N4O2. The van der Waals surface area contributed by atoms with Gasteiger partial charge in [-0.15, -0.1) is 0 Å². The van der Waals surface area contributed by atoms with Gasteiger partial charge >= 0.3 is 6.03 Å². The number of rotatable bonds is 5. The first kappa shape index (κ1) is 16.0. The minimum atomic E-state index is 0.0628. The second kappa shape index (κ2) is 7.15. The van der Waals surface area contributed by atoms with E-state index in [1.807, 2.05) is 18.7 Å². The average molecular weight is 318 g/mol. The van der Waals surface area contributed by atoms with Gasteiger partial charge in [0.2, 0.25) is 5.89 Å². The predicted molar refractivity (Wildman–Crippen MR) is 87.0 cm³/mol. The standard InChI is InChI=1S/C17H26N4O2/c1-12(2)16-19-15(23-20-16)8-5-9-18-17(22)21-10-13-6-3-4-7-14(13)11-21/h3-4,12-14H,5-11H2,1-2H3,(H,18,22)/t13-,14+. The lowest BCUT2D eigenvalue weighted by Crippen LogP contribution is -2.39. The van der Waals surface area contributed by atoms with Crippen LogP contribution in [0.25, 0.3) is 0 Å². The van der Waals surface area contributed by atoms with E-state index in [4.69, 9.17) is 4.52 Å². The number of allylic oxidation sites excluding steroid dienone is 2. The van der Waals surface area contributed by atoms with Crippen LogP contribution in [0, 0.1) is 11.8 Å². The maximum atomic E-state index is 12.2. The summed E-state index contributed by atoms with van der Waals surface area (Å²) in [7, 11) is 0. The van der Waals surface area contributed by atoms with E-state index in [9.17, 15) is 4.79 Å². The quantitative estimate of drug-likeness (QED) is 0.669. The van der Waals surface area contributed by atoms with Gasteiger partial charge in [0.1, 0.15) is 0 Å². The Morgan fingerprint density at radius 3 is 2.65 bits per heavy atom. The van der Waals surface area contributed by atoms with Crippen molar-refractivity contribution in [3.05, 3.63) is 23.9 Å². The molecule has 6 nitrogen and oxygen atoms in total. The lowest BCUT2D eigenvalue weighted by atomic mass is 9.86. The minimum absolute atomic E-state index is 0.0628. The summed E-state index contributed by atoms with van der Waals surface area (Å²) in [6.45, 7) is 6.50. The molecule has 1 aliphatic heterocycles. The molecule has 126 valence electrons. The summed E-state index contributed by atoms with van der Waals surface area (Å²) < 4.78 is 5.21. The van der Waals surface area contributed by atoms with Crippen LogP contribution >= 0.6 is 0 Å². The molecule has 23 heavy (non-hydrogen) atoms. The number of hydrogen-bond acceptors (Lipinski definition) is 4. The van der Waals surface area contributed by atoms with Crippen molar-refractivity contribution in [1.82, 2.24) is 20.4 Å². The van der Waals surface area contributed by atoms with Crippen LogP contribution in [0.2, 0.25) is 0 Å². The molecule has 0 radical (unpaired) electrons. The molecule has 2 heterocycles. The summed E-state index contributed by atoms with van der Waals surface area (Å²) in [5.41, 5.74) is 0. The normalized spacial score (nSPS) is 23.3. The third kappa shape index (κ3) is 3.92. The van der Waals surface area contributed by atoms with Crippen molar-refractivity contribution in [2.75, 3.05) is 19.6 Å². The van der Waals surface area contributed by atoms with Crippen molar-refractivity contribution in [2.24, 2.45) is 11.8 Å². The van der Waals surface area contributed by atoms with Gasteiger partial charge in [0.15, 0.2) is 5.82 Å². The van der Waals surface area contributed by atoms with Crippen LogP contribution in [-0.2, 0) is 6.42 Å². The second-order valence-corrected chi connectivity index (χ2v) is 6.90. The summed E-state index contributed by atoms with van der Waals surface area (Å²) in [6.07, 6.45) is 8.24. The molecule has 3 rings (SSSR count). The molecule has 1 aromatic rings. The van der Waals surface area contributed by atoms with Gasteiger partial charge in [0, 0.05) is 32.0 Å². The fraction of sp³-hybridized carbons (Fsp3) is 0.706. The SMILES string of the molecule is CC(C)c1noc(CCCNC(=O)N2C[C@H]3CC=CC[C@H]3C2)n1. The van der Waals surface area contributed by atoms with E-state index in [1.165, 1.54) is 0 Å². The van der Waals surface area contributed by atoms with E-state index >= 15 is 0 Å². The highest BCUT2D eigenvalue weighted by atomic mass is 16.5. The molecule has 1 aliphatic carbocycles. The lowest BCUT2D eigenvalue weighted by molar-refractivity contribution is 0.206. The number of aromatic nitrogens is 2. The third-order valence-electron chi connectivity index (χ3n) is 4.75. The molecule has 0 unspecified atom stereocenters. The van der Waals surface area contributed by atoms with E-state index < -0.39 is 0 Å². The van der Waals surface area contributed by atoms with Crippen molar-refractivity contribution < 1.29 is 9.32 Å². The number of amides is 2. The van der Waals surface area contributed by atoms with Crippen LogP contribution < -0.4 is 5.32 Å². The third-order valence-corrected chi connectivity index (χ3v) is 4.75. The number of likely N-dealkylation sites (tertiary alicyclic amines) is 1. The molecule has 6 heteroatoms. The predicted octanol–water partition coefficient (Wildman–Crippen LogP) is 2.73. The number of nitrogens with one attached hydrogen (secondary N) is 1. The Hall–Kier alpha value is -1.85. The Morgan fingerprint density at radius 1 is 1.35 bits per heavy atom. The number of nitrogens with zero attached hydrogens (tertiary/aromatic N) is 3. The zero-order valence-electron chi connectivity index (χ0n) is 14.0. The van der Waals surface area contributed by atoms with Gasteiger partial charge in [-0.25, -0.2) is 4.79 Å². The van der Waals surface area contributed by atoms with E-state index in [1.54, 1.807) is 0 Å². The summed E-state index contributed by atoms with van der Waals surface area (Å²) in [4.78, 5) is 18.5. The second-order valence-electron chi connectivity index (χ2n) is 6.90. The molecule has 2 aliphatic rings. The highest BCUT2D eigenvalue weighted by Crippen LogP contribution is 2.32. The molecular weight excluding hydrogens is 292 g/mol. The van der Waals surface area contributed by atoms with E-state index in [-0.39, 0.29) is 11.9 Å². The fourth-order valence-electron chi connectivity index (χ4n) is 3.33. The van der Waals surface area contributed by atoms with Crippen molar-refractivity contribution in [1.29, 1.82) is 0 Å². The Kier molecular flexibility index (Phi) is 4.98. The Morgan fingerprint density at radius 2 is 2.04 bits per heavy atom. The maximum Gasteiger partial charge on any atom is 0.317 e. The first-order valence-electron chi connectivity index (χ1n) is 8.63. The number of hydrogen-bond donors (Lipinski definition) is 1. The van der Waals surface area contributed by atoms with Gasteiger partial charge in [0.05, 0.1) is 0 Å². The van der Waals surface area contributed by atoms with Crippen molar-refractivity contribution in [2.45, 2.75) is 45.4 Å². The highest BCUT2D eigenvalue weighted by molar-refractivity contribution is 5.74. The largest absolute Gasteiger partial charge is 0.339 e. The van der Waals surface area contributed by atoms with Gasteiger partial charge in [-0.1, -0.05) is 31.2 Å². The topological polar surface area (TPSA) is 71.3 Å². The molecule has 0 bridgehead atoms. The molecule has 1 aromatic heterocycles. The Balaban J connectivity index is 1.36. The molecule has 0 aromatic carbocycles. The smallest absolute Gasteiger partial charge is 0.317 e. The van der Waals surface area contributed by atoms with Crippen LogP contribution in [0.1, 0.15) is 50.7 Å². The van der Waals surface area contributed by atoms with Crippen molar-refractivity contribution in [3.63, 3.8) is 0 Å². The van der Waals surface area contributed by atoms with Crippen molar-refractivity contribution in [3.8, 4) is 0 Å². The Labute approximate surface area is 137 Å². The van der Waals surface area contributed by atoms with Gasteiger partial charge < -0.3 is 14.7 Å². The van der Waals surface area contributed by atoms with E-state index in [0.717, 1.165) is 38.2 Å². The van der Waals surface area contributed by atoms with E-state index in [0.29, 0.717) is 30.7 Å². The number of urea groups is 1.